The predicted octanol–water partition coefficient (Wildman–Crippen LogP) is 1.63. The quantitative estimate of drug-likeness (QED) is 0.675. The first kappa shape index (κ1) is 21.1. The average molecular weight is 420 g/mol. The molecule has 164 valence electrons. The van der Waals surface area contributed by atoms with Crippen LogP contribution < -0.4 is 4.74 Å². The number of hydrogen-bond donors (Lipinski definition) is 0. The number of carbonyl (C=O) groups excluding carboxylic acids is 2. The van der Waals surface area contributed by atoms with E-state index in [0.29, 0.717) is 31.5 Å². The van der Waals surface area contributed by atoms with E-state index < -0.39 is 11.2 Å². The molecule has 1 aromatic rings. The molecule has 0 N–H and O–H groups in total. The van der Waals surface area contributed by atoms with Crippen molar-refractivity contribution in [2.45, 2.75) is 31.8 Å². The number of carbonyl (C=O) groups is 2. The number of morpholine rings is 1. The Bertz CT molecular complexity index is 788. The maximum absolute atomic E-state index is 13.9. The topological polar surface area (TPSA) is 68.3 Å². The summed E-state index contributed by atoms with van der Waals surface area (Å²) < 4.78 is 29.9. The second kappa shape index (κ2) is 8.89. The SMILES string of the molecule is COc1ccc(CC(=O)N2CCC3(CC2)CC(CN2CCOCC2)OC3=O)cc1F. The number of hydrogen-bond acceptors (Lipinski definition) is 6. The Morgan fingerprint density at radius 1 is 1.23 bits per heavy atom. The summed E-state index contributed by atoms with van der Waals surface area (Å²) in [5, 5.41) is 0. The molecule has 3 heterocycles. The number of methoxy groups -OCH3 is 1. The van der Waals surface area contributed by atoms with Gasteiger partial charge in [0.2, 0.25) is 5.91 Å². The number of nitrogens with zero attached hydrogens (tertiary/aromatic N) is 2. The number of halogens is 1. The van der Waals surface area contributed by atoms with Crippen LogP contribution in [0.25, 0.3) is 0 Å². The minimum absolute atomic E-state index is 0.0503. The summed E-state index contributed by atoms with van der Waals surface area (Å²) >= 11 is 0. The van der Waals surface area contributed by atoms with Gasteiger partial charge in [-0.15, -0.1) is 0 Å². The first-order valence-electron chi connectivity index (χ1n) is 10.6. The van der Waals surface area contributed by atoms with Crippen molar-refractivity contribution in [1.29, 1.82) is 0 Å². The number of esters is 1. The van der Waals surface area contributed by atoms with Crippen LogP contribution >= 0.6 is 0 Å². The highest BCUT2D eigenvalue weighted by molar-refractivity contribution is 5.81. The lowest BCUT2D eigenvalue weighted by atomic mass is 9.76. The fourth-order valence-corrected chi connectivity index (χ4v) is 4.71. The van der Waals surface area contributed by atoms with Crippen molar-refractivity contribution < 1.29 is 28.2 Å². The minimum Gasteiger partial charge on any atom is -0.494 e. The van der Waals surface area contributed by atoms with Crippen molar-refractivity contribution in [3.63, 3.8) is 0 Å². The smallest absolute Gasteiger partial charge is 0.312 e. The Morgan fingerprint density at radius 3 is 2.63 bits per heavy atom. The molecule has 1 aromatic carbocycles. The summed E-state index contributed by atoms with van der Waals surface area (Å²) in [5.74, 6) is -0.478. The molecule has 7 nitrogen and oxygen atoms in total. The zero-order valence-corrected chi connectivity index (χ0v) is 17.4. The van der Waals surface area contributed by atoms with Crippen molar-refractivity contribution in [1.82, 2.24) is 9.80 Å². The van der Waals surface area contributed by atoms with Crippen LogP contribution in [0.15, 0.2) is 18.2 Å². The van der Waals surface area contributed by atoms with E-state index in [1.54, 1.807) is 11.0 Å². The van der Waals surface area contributed by atoms with Gasteiger partial charge in [-0.1, -0.05) is 6.07 Å². The number of amides is 1. The summed E-state index contributed by atoms with van der Waals surface area (Å²) in [5.41, 5.74) is 0.143. The first-order chi connectivity index (χ1) is 14.5. The van der Waals surface area contributed by atoms with Crippen LogP contribution in [0.4, 0.5) is 4.39 Å². The van der Waals surface area contributed by atoms with Crippen LogP contribution in [-0.4, -0.2) is 80.8 Å². The summed E-state index contributed by atoms with van der Waals surface area (Å²) in [6.45, 7) is 4.99. The Balaban J connectivity index is 1.30. The summed E-state index contributed by atoms with van der Waals surface area (Å²) in [6.07, 6.45) is 2.01. The van der Waals surface area contributed by atoms with E-state index in [1.165, 1.54) is 19.2 Å². The highest BCUT2D eigenvalue weighted by Crippen LogP contribution is 2.43. The summed E-state index contributed by atoms with van der Waals surface area (Å²) in [6, 6.07) is 4.58. The van der Waals surface area contributed by atoms with Crippen LogP contribution in [0.3, 0.4) is 0 Å². The molecule has 0 aromatic heterocycles. The standard InChI is InChI=1S/C22H29FN2O5/c1-28-19-3-2-16(12-18(19)23)13-20(26)25-6-4-22(5-7-25)14-17(30-21(22)27)15-24-8-10-29-11-9-24/h2-3,12,17H,4-11,13-15H2,1H3. The molecule has 4 rings (SSSR count). The molecule has 1 amide bonds. The Hall–Kier alpha value is -2.19. The molecule has 3 aliphatic rings. The number of cyclic esters (lactones) is 1. The lowest BCUT2D eigenvalue weighted by molar-refractivity contribution is -0.153. The average Bonchev–Trinajstić information content (AvgIpc) is 3.03. The molecule has 1 unspecified atom stereocenters. The first-order valence-corrected chi connectivity index (χ1v) is 10.6. The molecule has 0 bridgehead atoms. The highest BCUT2D eigenvalue weighted by Gasteiger charge is 2.51. The van der Waals surface area contributed by atoms with Gasteiger partial charge < -0.3 is 19.1 Å². The zero-order valence-electron chi connectivity index (χ0n) is 17.4. The fraction of sp³-hybridized carbons (Fsp3) is 0.636. The van der Waals surface area contributed by atoms with Crippen LogP contribution in [0.1, 0.15) is 24.8 Å². The van der Waals surface area contributed by atoms with Gasteiger partial charge in [-0.3, -0.25) is 14.5 Å². The van der Waals surface area contributed by atoms with E-state index in [4.69, 9.17) is 14.2 Å². The number of likely N-dealkylation sites (tertiary alicyclic amines) is 1. The van der Waals surface area contributed by atoms with Crippen molar-refractivity contribution >= 4 is 11.9 Å². The van der Waals surface area contributed by atoms with Crippen molar-refractivity contribution in [3.05, 3.63) is 29.6 Å². The van der Waals surface area contributed by atoms with E-state index in [1.807, 2.05) is 0 Å². The molecule has 30 heavy (non-hydrogen) atoms. The van der Waals surface area contributed by atoms with E-state index in [2.05, 4.69) is 4.90 Å². The molecule has 0 radical (unpaired) electrons. The monoisotopic (exact) mass is 420 g/mol. The van der Waals surface area contributed by atoms with E-state index >= 15 is 0 Å². The third-order valence-electron chi connectivity index (χ3n) is 6.54. The Morgan fingerprint density at radius 2 is 1.97 bits per heavy atom. The Kier molecular flexibility index (Phi) is 6.24. The third-order valence-corrected chi connectivity index (χ3v) is 6.54. The number of benzene rings is 1. The molecule has 0 saturated carbocycles. The molecular formula is C22H29FN2O5. The largest absolute Gasteiger partial charge is 0.494 e. The van der Waals surface area contributed by atoms with Crippen molar-refractivity contribution in [3.8, 4) is 5.75 Å². The van der Waals surface area contributed by atoms with Gasteiger partial charge in [0.25, 0.3) is 0 Å². The van der Waals surface area contributed by atoms with Gasteiger partial charge in [0.05, 0.1) is 32.2 Å². The molecule has 3 saturated heterocycles. The molecule has 1 atom stereocenters. The number of piperidine rings is 1. The summed E-state index contributed by atoms with van der Waals surface area (Å²) in [7, 11) is 1.41. The van der Waals surface area contributed by atoms with E-state index in [9.17, 15) is 14.0 Å². The molecule has 1 spiro atoms. The highest BCUT2D eigenvalue weighted by atomic mass is 19.1. The van der Waals surface area contributed by atoms with Gasteiger partial charge in [0, 0.05) is 39.1 Å². The predicted molar refractivity (Wildman–Crippen MR) is 107 cm³/mol. The maximum Gasteiger partial charge on any atom is 0.312 e. The zero-order chi connectivity index (χ0) is 21.1. The molecular weight excluding hydrogens is 391 g/mol. The van der Waals surface area contributed by atoms with Crippen LogP contribution in [-0.2, 0) is 25.5 Å². The number of ether oxygens (including phenoxy) is 3. The molecule has 3 aliphatic heterocycles. The van der Waals surface area contributed by atoms with Gasteiger partial charge in [-0.2, -0.15) is 0 Å². The maximum atomic E-state index is 13.9. The lowest BCUT2D eigenvalue weighted by Crippen LogP contribution is -2.45. The van der Waals surface area contributed by atoms with Gasteiger partial charge in [-0.05, 0) is 30.5 Å². The van der Waals surface area contributed by atoms with Gasteiger partial charge in [0.15, 0.2) is 11.6 Å². The Labute approximate surface area is 176 Å². The number of rotatable bonds is 5. The van der Waals surface area contributed by atoms with E-state index in [-0.39, 0.29) is 30.2 Å². The molecule has 8 heteroatoms. The van der Waals surface area contributed by atoms with Gasteiger partial charge in [-0.25, -0.2) is 4.39 Å². The van der Waals surface area contributed by atoms with Gasteiger partial charge >= 0.3 is 5.97 Å². The van der Waals surface area contributed by atoms with Crippen molar-refractivity contribution in [2.24, 2.45) is 5.41 Å². The normalized spacial score (nSPS) is 24.1. The second-order valence-electron chi connectivity index (χ2n) is 8.45. The van der Waals surface area contributed by atoms with E-state index in [0.717, 1.165) is 39.3 Å². The van der Waals surface area contributed by atoms with Crippen LogP contribution in [0, 0.1) is 11.2 Å². The van der Waals surface area contributed by atoms with Crippen LogP contribution in [0.5, 0.6) is 5.75 Å². The molecule has 0 aliphatic carbocycles. The minimum atomic E-state index is -0.472. The van der Waals surface area contributed by atoms with Gasteiger partial charge in [0.1, 0.15) is 6.10 Å². The third kappa shape index (κ3) is 4.44. The summed E-state index contributed by atoms with van der Waals surface area (Å²) in [4.78, 5) is 29.4. The van der Waals surface area contributed by atoms with Crippen LogP contribution in [0.2, 0.25) is 0 Å². The fourth-order valence-electron chi connectivity index (χ4n) is 4.71. The van der Waals surface area contributed by atoms with Crippen molar-refractivity contribution in [2.75, 3.05) is 53.0 Å². The lowest BCUT2D eigenvalue weighted by Gasteiger charge is -2.36. The second-order valence-corrected chi connectivity index (χ2v) is 8.45. The molecule has 3 fully saturated rings.